The van der Waals surface area contributed by atoms with Gasteiger partial charge in [-0.3, -0.25) is 4.98 Å². The summed E-state index contributed by atoms with van der Waals surface area (Å²) in [6.07, 6.45) is 3.07. The Balaban J connectivity index is 0.000000167. The first-order valence-corrected chi connectivity index (χ1v) is 18.9. The van der Waals surface area contributed by atoms with Crippen LogP contribution < -0.4 is 0 Å². The van der Waals surface area contributed by atoms with Crippen LogP contribution in [0.2, 0.25) is 0 Å². The summed E-state index contributed by atoms with van der Waals surface area (Å²) in [5, 5.41) is 13.3. The summed E-state index contributed by atoms with van der Waals surface area (Å²) in [6.45, 7) is 4.46. The van der Waals surface area contributed by atoms with Crippen molar-refractivity contribution in [1.29, 1.82) is 0 Å². The van der Waals surface area contributed by atoms with Crippen molar-refractivity contribution in [2.45, 2.75) is 20.3 Å². The van der Waals surface area contributed by atoms with E-state index in [0.717, 1.165) is 61.8 Å². The van der Waals surface area contributed by atoms with Crippen LogP contribution in [0.15, 0.2) is 168 Å². The number of pyridine rings is 2. The summed E-state index contributed by atoms with van der Waals surface area (Å²) in [6, 6.07) is 61.7. The summed E-state index contributed by atoms with van der Waals surface area (Å²) in [4.78, 5) is 9.50. The maximum Gasteiger partial charge on any atom is 0.121 e. The van der Waals surface area contributed by atoms with Crippen molar-refractivity contribution < 1.29 is 24.5 Å². The summed E-state index contributed by atoms with van der Waals surface area (Å²) in [5.74, 6) is 0.659. The number of hydrogen-bond donors (Lipinski definition) is 0. The Morgan fingerprint density at radius 1 is 0.536 bits per heavy atom. The zero-order valence-corrected chi connectivity index (χ0v) is 33.4. The number of nitrogens with zero attached hydrogens (tertiary/aromatic N) is 2. The van der Waals surface area contributed by atoms with E-state index in [2.05, 4.69) is 158 Å². The van der Waals surface area contributed by atoms with Crippen LogP contribution in [0.4, 0.5) is 0 Å². The van der Waals surface area contributed by atoms with E-state index in [1.807, 2.05) is 36.5 Å². The van der Waals surface area contributed by atoms with Gasteiger partial charge < -0.3 is 9.40 Å². The monoisotopic (exact) mass is 897 g/mol. The second-order valence-electron chi connectivity index (χ2n) is 14.7. The van der Waals surface area contributed by atoms with Crippen molar-refractivity contribution in [3.8, 4) is 22.5 Å². The van der Waals surface area contributed by atoms with Gasteiger partial charge in [-0.1, -0.05) is 140 Å². The Hall–Kier alpha value is -6.19. The third-order valence-electron chi connectivity index (χ3n) is 10.6. The predicted octanol–water partition coefficient (Wildman–Crippen LogP) is 14.0. The molecule has 0 aliphatic rings. The summed E-state index contributed by atoms with van der Waals surface area (Å²) < 4.78 is 6.33. The van der Waals surface area contributed by atoms with Gasteiger partial charge in [0.1, 0.15) is 5.58 Å². The first-order chi connectivity index (χ1) is 27.1. The van der Waals surface area contributed by atoms with E-state index < -0.39 is 0 Å². The van der Waals surface area contributed by atoms with E-state index >= 15 is 0 Å². The van der Waals surface area contributed by atoms with Gasteiger partial charge in [0, 0.05) is 31.7 Å². The summed E-state index contributed by atoms with van der Waals surface area (Å²) >= 11 is 0. The summed E-state index contributed by atoms with van der Waals surface area (Å²) in [5.41, 5.74) is 7.97. The number of hydrogen-bond acceptors (Lipinski definition) is 3. The SMILES string of the molecule is CC(C)Cc1ccc(-c2[c-]ccc3ccccc23)nc1.[Ir].[c-]1cc2oc3cc4c5ccccc5c5ccccc5c4cc3c2cc1-c1ccc2ccccc2n1. The molecule has 11 aromatic rings. The second-order valence-corrected chi connectivity index (χ2v) is 14.7. The summed E-state index contributed by atoms with van der Waals surface area (Å²) in [7, 11) is 0. The molecule has 0 saturated heterocycles. The largest absolute Gasteiger partial charge is 0.500 e. The Morgan fingerprint density at radius 2 is 1.16 bits per heavy atom. The van der Waals surface area contributed by atoms with Crippen LogP contribution in [0.3, 0.4) is 0 Å². The smallest absolute Gasteiger partial charge is 0.121 e. The zero-order valence-electron chi connectivity index (χ0n) is 31.0. The maximum atomic E-state index is 6.33. The van der Waals surface area contributed by atoms with Crippen molar-refractivity contribution >= 4 is 75.9 Å². The number of rotatable bonds is 4. The molecule has 3 heterocycles. The molecule has 0 spiro atoms. The van der Waals surface area contributed by atoms with Gasteiger partial charge in [0.15, 0.2) is 0 Å². The molecule has 3 aromatic heterocycles. The first-order valence-electron chi connectivity index (χ1n) is 18.9. The molecular formula is C52H36IrN2O-2. The number of fused-ring (bicyclic) bond motifs is 11. The Morgan fingerprint density at radius 3 is 1.88 bits per heavy atom. The molecule has 56 heavy (non-hydrogen) atoms. The molecule has 0 fully saturated rings. The number of furan rings is 1. The number of para-hydroxylation sites is 1. The molecule has 8 aromatic carbocycles. The quantitative estimate of drug-likeness (QED) is 0.130. The molecule has 0 aliphatic carbocycles. The molecular weight excluding hydrogens is 861 g/mol. The van der Waals surface area contributed by atoms with Crippen molar-refractivity contribution in [2.75, 3.05) is 0 Å². The predicted molar refractivity (Wildman–Crippen MR) is 230 cm³/mol. The van der Waals surface area contributed by atoms with Crippen molar-refractivity contribution in [1.82, 2.24) is 9.97 Å². The first kappa shape index (κ1) is 35.5. The molecule has 3 nitrogen and oxygen atoms in total. The molecule has 0 aliphatic heterocycles. The molecule has 0 saturated carbocycles. The average Bonchev–Trinajstić information content (AvgIpc) is 3.60. The molecule has 1 radical (unpaired) electrons. The van der Waals surface area contributed by atoms with Gasteiger partial charge in [0.25, 0.3) is 0 Å². The van der Waals surface area contributed by atoms with E-state index in [4.69, 9.17) is 9.40 Å². The van der Waals surface area contributed by atoms with Crippen LogP contribution in [-0.4, -0.2) is 9.97 Å². The van der Waals surface area contributed by atoms with Crippen LogP contribution in [0.5, 0.6) is 0 Å². The van der Waals surface area contributed by atoms with E-state index in [-0.39, 0.29) is 20.1 Å². The van der Waals surface area contributed by atoms with Crippen LogP contribution in [-0.2, 0) is 26.5 Å². The van der Waals surface area contributed by atoms with Crippen molar-refractivity contribution in [2.24, 2.45) is 5.92 Å². The zero-order chi connectivity index (χ0) is 36.9. The van der Waals surface area contributed by atoms with E-state index in [9.17, 15) is 0 Å². The van der Waals surface area contributed by atoms with E-state index in [1.54, 1.807) is 0 Å². The normalized spacial score (nSPS) is 11.5. The fourth-order valence-corrected chi connectivity index (χ4v) is 8.02. The van der Waals surface area contributed by atoms with Gasteiger partial charge in [0.2, 0.25) is 0 Å². The average molecular weight is 897 g/mol. The Bertz CT molecular complexity index is 3210. The minimum atomic E-state index is 0. The molecule has 0 bridgehead atoms. The van der Waals surface area contributed by atoms with Crippen molar-refractivity contribution in [3.63, 3.8) is 0 Å². The number of benzene rings is 8. The molecule has 271 valence electrons. The van der Waals surface area contributed by atoms with Gasteiger partial charge >= 0.3 is 0 Å². The molecule has 4 heteroatoms. The van der Waals surface area contributed by atoms with Gasteiger partial charge in [-0.05, 0) is 85.2 Å². The van der Waals surface area contributed by atoms with E-state index in [1.165, 1.54) is 48.7 Å². The molecule has 11 rings (SSSR count). The maximum absolute atomic E-state index is 6.33. The minimum Gasteiger partial charge on any atom is -0.500 e. The Labute approximate surface area is 339 Å². The van der Waals surface area contributed by atoms with Crippen LogP contribution in [0.1, 0.15) is 19.4 Å². The Kier molecular flexibility index (Phi) is 9.39. The molecule has 0 atom stereocenters. The molecule has 0 amide bonds. The van der Waals surface area contributed by atoms with Crippen LogP contribution in [0, 0.1) is 18.1 Å². The third kappa shape index (κ3) is 6.41. The van der Waals surface area contributed by atoms with Gasteiger partial charge in [0.05, 0.1) is 11.1 Å². The fourth-order valence-electron chi connectivity index (χ4n) is 8.02. The third-order valence-corrected chi connectivity index (χ3v) is 10.6. The minimum absolute atomic E-state index is 0. The second kappa shape index (κ2) is 14.8. The van der Waals surface area contributed by atoms with Gasteiger partial charge in [-0.15, -0.1) is 52.9 Å². The molecule has 0 N–H and O–H groups in total. The topological polar surface area (TPSA) is 38.9 Å². The van der Waals surface area contributed by atoms with Gasteiger partial charge in [-0.2, -0.15) is 0 Å². The van der Waals surface area contributed by atoms with Crippen LogP contribution in [0.25, 0.3) is 98.4 Å². The number of aromatic nitrogens is 2. The standard InChI is InChI=1S/C33H18NO.C19H18N.Ir/c1-6-12-30-20(7-1)13-15-31(34-30)21-14-16-32-28(17-21)29-18-26-24-10-4-2-8-22(24)23-9-3-5-11-25(23)27(26)19-33(29)35-32;1-14(2)12-15-10-11-19(20-13-15)18-9-5-7-16-6-3-4-8-17(16)18;/h1-13,15-19H;3-8,10-11,13-14H,12H2,1-2H3;/q2*-1;. The van der Waals surface area contributed by atoms with Crippen LogP contribution >= 0.6 is 0 Å². The van der Waals surface area contributed by atoms with Crippen molar-refractivity contribution in [3.05, 3.63) is 182 Å². The van der Waals surface area contributed by atoms with Gasteiger partial charge in [-0.25, -0.2) is 0 Å². The molecule has 0 unspecified atom stereocenters. The fraction of sp³-hybridized carbons (Fsp3) is 0.0769. The van der Waals surface area contributed by atoms with E-state index in [0.29, 0.717) is 5.92 Å².